The second-order valence-electron chi connectivity index (χ2n) is 7.07. The Morgan fingerprint density at radius 1 is 1.15 bits per heavy atom. The predicted octanol–water partition coefficient (Wildman–Crippen LogP) is 2.83. The molecule has 26 heavy (non-hydrogen) atoms. The lowest BCUT2D eigenvalue weighted by atomic mass is 10.00. The van der Waals surface area contributed by atoms with E-state index in [2.05, 4.69) is 39.8 Å². The molecule has 2 aliphatic rings. The van der Waals surface area contributed by atoms with Gasteiger partial charge in [-0.3, -0.25) is 9.59 Å². The minimum atomic E-state index is -0.0390. The number of carbonyl (C=O) groups is 2. The van der Waals surface area contributed by atoms with E-state index < -0.39 is 0 Å². The van der Waals surface area contributed by atoms with Gasteiger partial charge in [0.15, 0.2) is 0 Å². The molecule has 2 amide bonds. The van der Waals surface area contributed by atoms with E-state index in [0.29, 0.717) is 30.9 Å². The molecule has 2 aromatic carbocycles. The summed E-state index contributed by atoms with van der Waals surface area (Å²) in [6, 6.07) is 15.9. The maximum Gasteiger partial charge on any atom is 0.251 e. The summed E-state index contributed by atoms with van der Waals surface area (Å²) in [5.74, 6) is 0.470. The quantitative estimate of drug-likeness (QED) is 0.892. The summed E-state index contributed by atoms with van der Waals surface area (Å²) in [4.78, 5) is 26.3. The molecule has 5 heteroatoms. The maximum atomic E-state index is 12.5. The van der Waals surface area contributed by atoms with Gasteiger partial charge in [-0.2, -0.15) is 0 Å². The van der Waals surface area contributed by atoms with Crippen molar-refractivity contribution in [3.05, 3.63) is 59.7 Å². The van der Waals surface area contributed by atoms with Crippen LogP contribution in [0.25, 0.3) is 0 Å². The van der Waals surface area contributed by atoms with Gasteiger partial charge in [0.05, 0.1) is 0 Å². The molecule has 0 spiro atoms. The van der Waals surface area contributed by atoms with Crippen LogP contribution in [-0.2, 0) is 11.2 Å². The van der Waals surface area contributed by atoms with Crippen LogP contribution in [-0.4, -0.2) is 31.4 Å². The Morgan fingerprint density at radius 3 is 2.85 bits per heavy atom. The minimum Gasteiger partial charge on any atom is -0.371 e. The number of aryl methyl sites for hydroxylation is 1. The van der Waals surface area contributed by atoms with Crippen LogP contribution in [0.2, 0.25) is 0 Å². The molecule has 1 unspecified atom stereocenters. The second kappa shape index (κ2) is 7.20. The van der Waals surface area contributed by atoms with E-state index in [1.165, 1.54) is 5.69 Å². The van der Waals surface area contributed by atoms with E-state index in [1.807, 2.05) is 18.2 Å². The summed E-state index contributed by atoms with van der Waals surface area (Å²) in [6.07, 6.45) is 2.26. The first kappa shape index (κ1) is 16.6. The largest absolute Gasteiger partial charge is 0.371 e. The Kier molecular flexibility index (Phi) is 4.61. The summed E-state index contributed by atoms with van der Waals surface area (Å²) >= 11 is 0. The van der Waals surface area contributed by atoms with E-state index >= 15 is 0 Å². The predicted molar refractivity (Wildman–Crippen MR) is 102 cm³/mol. The van der Waals surface area contributed by atoms with Gasteiger partial charge in [-0.1, -0.05) is 18.2 Å². The zero-order valence-electron chi connectivity index (χ0n) is 14.7. The normalized spacial score (nSPS) is 19.0. The van der Waals surface area contributed by atoms with Crippen molar-refractivity contribution in [2.75, 3.05) is 29.9 Å². The fourth-order valence-corrected chi connectivity index (χ4v) is 3.74. The topological polar surface area (TPSA) is 61.4 Å². The number of para-hydroxylation sites is 1. The lowest BCUT2D eigenvalue weighted by molar-refractivity contribution is -0.116. The van der Waals surface area contributed by atoms with Crippen molar-refractivity contribution in [1.82, 2.24) is 5.32 Å². The molecular formula is C21H23N3O2. The molecule has 134 valence electrons. The highest BCUT2D eigenvalue weighted by molar-refractivity contribution is 5.97. The highest BCUT2D eigenvalue weighted by Gasteiger charge is 2.23. The van der Waals surface area contributed by atoms with Gasteiger partial charge in [-0.15, -0.1) is 0 Å². The number of nitrogens with one attached hydrogen (secondary N) is 2. The van der Waals surface area contributed by atoms with E-state index in [1.54, 1.807) is 6.07 Å². The number of rotatable bonds is 4. The van der Waals surface area contributed by atoms with Crippen LogP contribution in [0, 0.1) is 5.92 Å². The smallest absolute Gasteiger partial charge is 0.251 e. The molecule has 0 aromatic heterocycles. The Morgan fingerprint density at radius 2 is 2.00 bits per heavy atom. The first-order valence-electron chi connectivity index (χ1n) is 9.20. The molecule has 2 aromatic rings. The highest BCUT2D eigenvalue weighted by atomic mass is 16.2. The van der Waals surface area contributed by atoms with E-state index in [9.17, 15) is 9.59 Å². The number of anilines is 2. The summed E-state index contributed by atoms with van der Waals surface area (Å²) in [5, 5.41) is 5.92. The van der Waals surface area contributed by atoms with Gasteiger partial charge in [0, 0.05) is 43.0 Å². The van der Waals surface area contributed by atoms with Crippen molar-refractivity contribution >= 4 is 23.2 Å². The number of benzene rings is 2. The molecule has 1 fully saturated rings. The molecular weight excluding hydrogens is 326 g/mol. The van der Waals surface area contributed by atoms with Crippen LogP contribution >= 0.6 is 0 Å². The average molecular weight is 349 g/mol. The molecule has 2 aliphatic heterocycles. The van der Waals surface area contributed by atoms with Crippen LogP contribution in [0.5, 0.6) is 0 Å². The van der Waals surface area contributed by atoms with Crippen LogP contribution < -0.4 is 15.5 Å². The third-order valence-corrected chi connectivity index (χ3v) is 5.22. The van der Waals surface area contributed by atoms with Crippen molar-refractivity contribution in [3.63, 3.8) is 0 Å². The summed E-state index contributed by atoms with van der Waals surface area (Å²) in [7, 11) is 0. The number of hydrogen-bond donors (Lipinski definition) is 2. The first-order chi connectivity index (χ1) is 12.7. The molecule has 4 rings (SSSR count). The molecule has 5 nitrogen and oxygen atoms in total. The molecule has 2 heterocycles. The van der Waals surface area contributed by atoms with Crippen molar-refractivity contribution in [2.24, 2.45) is 5.92 Å². The van der Waals surface area contributed by atoms with E-state index in [4.69, 9.17) is 0 Å². The van der Waals surface area contributed by atoms with Gasteiger partial charge in [0.2, 0.25) is 5.91 Å². The lowest BCUT2D eigenvalue weighted by Gasteiger charge is -2.19. The fraction of sp³-hybridized carbons (Fsp3) is 0.333. The monoisotopic (exact) mass is 349 g/mol. The third kappa shape index (κ3) is 3.57. The van der Waals surface area contributed by atoms with Gasteiger partial charge in [0.1, 0.15) is 0 Å². The van der Waals surface area contributed by atoms with Crippen LogP contribution in [0.3, 0.4) is 0 Å². The lowest BCUT2D eigenvalue weighted by Crippen LogP contribution is -2.31. The summed E-state index contributed by atoms with van der Waals surface area (Å²) in [6.45, 7) is 2.69. The summed E-state index contributed by atoms with van der Waals surface area (Å²) in [5.41, 5.74) is 3.77. The molecule has 1 saturated heterocycles. The Hall–Kier alpha value is -2.82. The summed E-state index contributed by atoms with van der Waals surface area (Å²) < 4.78 is 0. The van der Waals surface area contributed by atoms with Gasteiger partial charge >= 0.3 is 0 Å². The molecule has 0 saturated carbocycles. The van der Waals surface area contributed by atoms with Gasteiger partial charge in [-0.25, -0.2) is 0 Å². The number of nitrogens with zero attached hydrogens (tertiary/aromatic N) is 1. The van der Waals surface area contributed by atoms with Crippen molar-refractivity contribution in [2.45, 2.75) is 19.3 Å². The first-order valence-corrected chi connectivity index (χ1v) is 9.20. The van der Waals surface area contributed by atoms with Crippen molar-refractivity contribution < 1.29 is 9.59 Å². The van der Waals surface area contributed by atoms with E-state index in [-0.39, 0.29) is 11.8 Å². The maximum absolute atomic E-state index is 12.5. The third-order valence-electron chi connectivity index (χ3n) is 5.22. The Labute approximate surface area is 153 Å². The SMILES string of the molecule is O=C1CCc2cc(C(=O)NCC3CCN(c4ccccc4)C3)ccc2N1. The second-order valence-corrected chi connectivity index (χ2v) is 7.07. The molecule has 2 N–H and O–H groups in total. The van der Waals surface area contributed by atoms with Crippen LogP contribution in [0.1, 0.15) is 28.8 Å². The number of carbonyl (C=O) groups excluding carboxylic acids is 2. The van der Waals surface area contributed by atoms with E-state index in [0.717, 1.165) is 30.8 Å². The number of amides is 2. The van der Waals surface area contributed by atoms with Crippen molar-refractivity contribution in [3.8, 4) is 0 Å². The molecule has 0 bridgehead atoms. The molecule has 0 aliphatic carbocycles. The van der Waals surface area contributed by atoms with Crippen LogP contribution in [0.4, 0.5) is 11.4 Å². The average Bonchev–Trinajstić information content (AvgIpc) is 3.15. The zero-order valence-corrected chi connectivity index (χ0v) is 14.7. The molecule has 0 radical (unpaired) electrons. The number of hydrogen-bond acceptors (Lipinski definition) is 3. The molecule has 1 atom stereocenters. The zero-order chi connectivity index (χ0) is 17.9. The highest BCUT2D eigenvalue weighted by Crippen LogP contribution is 2.25. The van der Waals surface area contributed by atoms with Crippen molar-refractivity contribution in [1.29, 1.82) is 0 Å². The van der Waals surface area contributed by atoms with Gasteiger partial charge in [-0.05, 0) is 54.7 Å². The van der Waals surface area contributed by atoms with Gasteiger partial charge < -0.3 is 15.5 Å². The van der Waals surface area contributed by atoms with Gasteiger partial charge in [0.25, 0.3) is 5.91 Å². The standard InChI is InChI=1S/C21H23N3O2/c25-20-9-7-16-12-17(6-8-19(16)23-20)21(26)22-13-15-10-11-24(14-15)18-4-2-1-3-5-18/h1-6,8,12,15H,7,9-11,13-14H2,(H,22,26)(H,23,25). The number of fused-ring (bicyclic) bond motifs is 1. The Balaban J connectivity index is 1.33. The fourth-order valence-electron chi connectivity index (χ4n) is 3.74. The Bertz CT molecular complexity index is 819. The van der Waals surface area contributed by atoms with Crippen LogP contribution in [0.15, 0.2) is 48.5 Å². The minimum absolute atomic E-state index is 0.0390.